The Kier molecular flexibility index (Phi) is 7.59. The zero-order valence-corrected chi connectivity index (χ0v) is 10.3. The number of hydrogen-bond donors (Lipinski definition) is 0. The van der Waals surface area contributed by atoms with Crippen LogP contribution in [0.25, 0.3) is 0 Å². The Hall–Kier alpha value is 0.200. The van der Waals surface area contributed by atoms with Gasteiger partial charge in [-0.25, -0.2) is 4.57 Å². The van der Waals surface area contributed by atoms with Crippen molar-refractivity contribution in [3.05, 3.63) is 0 Å². The molecule has 0 spiro atoms. The van der Waals surface area contributed by atoms with Crippen LogP contribution < -0.4 is 0 Å². The standard InChI is InChI=1S/C6H12Cl2NO4P/c1-3-11-14(10,12-4-2)13-9-6(8)5-7/h3-5H2,1-2H3/b9-6-. The lowest BCUT2D eigenvalue weighted by Gasteiger charge is -2.12. The largest absolute Gasteiger partial charge is 0.550 e. The van der Waals surface area contributed by atoms with Crippen LogP contribution in [0.15, 0.2) is 5.16 Å². The SMILES string of the molecule is CCOP(=O)(OCC)O/N=C(\Cl)CCl. The van der Waals surface area contributed by atoms with Gasteiger partial charge in [-0.3, -0.25) is 13.7 Å². The van der Waals surface area contributed by atoms with E-state index < -0.39 is 7.82 Å². The molecule has 0 aromatic carbocycles. The van der Waals surface area contributed by atoms with Crippen LogP contribution in [-0.4, -0.2) is 24.3 Å². The van der Waals surface area contributed by atoms with Gasteiger partial charge in [0.15, 0.2) is 5.17 Å². The Morgan fingerprint density at radius 3 is 2.21 bits per heavy atom. The molecule has 0 heterocycles. The van der Waals surface area contributed by atoms with Gasteiger partial charge in [0.2, 0.25) is 0 Å². The maximum Gasteiger partial charge on any atom is 0.550 e. The second kappa shape index (κ2) is 7.49. The van der Waals surface area contributed by atoms with Crippen molar-refractivity contribution >= 4 is 36.2 Å². The molecule has 5 nitrogen and oxygen atoms in total. The van der Waals surface area contributed by atoms with Crippen LogP contribution in [0.2, 0.25) is 0 Å². The van der Waals surface area contributed by atoms with Crippen molar-refractivity contribution in [2.45, 2.75) is 13.8 Å². The second-order valence-corrected chi connectivity index (χ2v) is 4.24. The lowest BCUT2D eigenvalue weighted by molar-refractivity contribution is 0.125. The third-order valence-electron chi connectivity index (χ3n) is 0.925. The normalized spacial score (nSPS) is 13.0. The predicted octanol–water partition coefficient (Wildman–Crippen LogP) is 2.98. The summed E-state index contributed by atoms with van der Waals surface area (Å²) in [5.41, 5.74) is 0. The number of nitrogens with zero attached hydrogens (tertiary/aromatic N) is 1. The maximum atomic E-state index is 11.6. The quantitative estimate of drug-likeness (QED) is 0.307. The first kappa shape index (κ1) is 14.2. The van der Waals surface area contributed by atoms with Crippen molar-refractivity contribution in [2.24, 2.45) is 5.16 Å². The molecule has 0 aliphatic heterocycles. The summed E-state index contributed by atoms with van der Waals surface area (Å²) in [7, 11) is -3.62. The number of rotatable bonds is 7. The van der Waals surface area contributed by atoms with Crippen LogP contribution in [0.5, 0.6) is 0 Å². The molecule has 0 bridgehead atoms. The smallest absolute Gasteiger partial charge is 0.291 e. The molecule has 0 rings (SSSR count). The summed E-state index contributed by atoms with van der Waals surface area (Å²) in [5, 5.41) is 3.27. The highest BCUT2D eigenvalue weighted by atomic mass is 35.5. The van der Waals surface area contributed by atoms with Crippen molar-refractivity contribution in [1.82, 2.24) is 0 Å². The maximum absolute atomic E-state index is 11.6. The number of alkyl halides is 1. The third kappa shape index (κ3) is 5.83. The number of hydrogen-bond acceptors (Lipinski definition) is 5. The summed E-state index contributed by atoms with van der Waals surface area (Å²) < 4.78 is 25.6. The molecule has 0 aromatic heterocycles. The van der Waals surface area contributed by atoms with Gasteiger partial charge in [0.25, 0.3) is 0 Å². The Labute approximate surface area is 92.9 Å². The van der Waals surface area contributed by atoms with Gasteiger partial charge in [0.1, 0.15) is 0 Å². The molecule has 0 aromatic rings. The first-order chi connectivity index (χ1) is 6.58. The Morgan fingerprint density at radius 2 is 1.86 bits per heavy atom. The zero-order valence-electron chi connectivity index (χ0n) is 7.90. The highest BCUT2D eigenvalue weighted by Gasteiger charge is 2.27. The lowest BCUT2D eigenvalue weighted by Crippen LogP contribution is -1.98. The Balaban J connectivity index is 4.29. The summed E-state index contributed by atoms with van der Waals surface area (Å²) in [6.07, 6.45) is 0. The summed E-state index contributed by atoms with van der Waals surface area (Å²) in [6.45, 7) is 3.68. The second-order valence-electron chi connectivity index (χ2n) is 1.97. The average molecular weight is 264 g/mol. The number of oxime groups is 1. The number of halogens is 2. The Morgan fingerprint density at radius 1 is 1.36 bits per heavy atom. The van der Waals surface area contributed by atoms with Gasteiger partial charge in [0.05, 0.1) is 19.1 Å². The van der Waals surface area contributed by atoms with E-state index in [0.29, 0.717) is 0 Å². The fraction of sp³-hybridized carbons (Fsp3) is 0.833. The average Bonchev–Trinajstić information content (AvgIpc) is 2.15. The van der Waals surface area contributed by atoms with E-state index in [4.69, 9.17) is 32.2 Å². The topological polar surface area (TPSA) is 57.1 Å². The van der Waals surface area contributed by atoms with E-state index in [2.05, 4.69) is 9.78 Å². The van der Waals surface area contributed by atoms with Gasteiger partial charge in [-0.05, 0) is 13.8 Å². The molecule has 8 heteroatoms. The monoisotopic (exact) mass is 263 g/mol. The summed E-state index contributed by atoms with van der Waals surface area (Å²) in [4.78, 5) is 0. The van der Waals surface area contributed by atoms with E-state index in [-0.39, 0.29) is 24.3 Å². The first-order valence-electron chi connectivity index (χ1n) is 3.94. The minimum Gasteiger partial charge on any atom is -0.291 e. The van der Waals surface area contributed by atoms with Gasteiger partial charge in [0, 0.05) is 0 Å². The summed E-state index contributed by atoms with van der Waals surface area (Å²) in [5.74, 6) is -0.0280. The van der Waals surface area contributed by atoms with Crippen LogP contribution in [0.3, 0.4) is 0 Å². The lowest BCUT2D eigenvalue weighted by atomic mass is 10.9. The molecular weight excluding hydrogens is 252 g/mol. The molecule has 0 aliphatic carbocycles. The van der Waals surface area contributed by atoms with Crippen molar-refractivity contribution in [2.75, 3.05) is 19.1 Å². The predicted molar refractivity (Wildman–Crippen MR) is 56.0 cm³/mol. The molecule has 0 fully saturated rings. The number of phosphoric ester groups is 1. The highest BCUT2D eigenvalue weighted by Crippen LogP contribution is 2.49. The van der Waals surface area contributed by atoms with E-state index in [9.17, 15) is 4.57 Å². The van der Waals surface area contributed by atoms with E-state index in [1.807, 2.05) is 0 Å². The van der Waals surface area contributed by atoms with E-state index in [0.717, 1.165) is 0 Å². The molecule has 84 valence electrons. The molecule has 0 amide bonds. The Bertz CT molecular complexity index is 226. The first-order valence-corrected chi connectivity index (χ1v) is 6.31. The summed E-state index contributed by atoms with van der Waals surface area (Å²) >= 11 is 10.8. The molecule has 0 saturated heterocycles. The molecular formula is C6H12Cl2NO4P. The molecule has 0 atom stereocenters. The van der Waals surface area contributed by atoms with Crippen LogP contribution in [0.4, 0.5) is 0 Å². The van der Waals surface area contributed by atoms with Crippen LogP contribution >= 0.6 is 31.0 Å². The van der Waals surface area contributed by atoms with Gasteiger partial charge in [-0.1, -0.05) is 16.8 Å². The van der Waals surface area contributed by atoms with Crippen LogP contribution in [0, 0.1) is 0 Å². The highest BCUT2D eigenvalue weighted by molar-refractivity contribution is 7.48. The molecule has 14 heavy (non-hydrogen) atoms. The fourth-order valence-electron chi connectivity index (χ4n) is 0.519. The van der Waals surface area contributed by atoms with Gasteiger partial charge in [-0.15, -0.1) is 11.6 Å². The zero-order chi connectivity index (χ0) is 11.0. The van der Waals surface area contributed by atoms with Crippen LogP contribution in [0.1, 0.15) is 13.8 Å². The van der Waals surface area contributed by atoms with Gasteiger partial charge in [-0.2, -0.15) is 0 Å². The van der Waals surface area contributed by atoms with Crippen molar-refractivity contribution in [3.8, 4) is 0 Å². The van der Waals surface area contributed by atoms with Gasteiger partial charge < -0.3 is 0 Å². The van der Waals surface area contributed by atoms with Crippen molar-refractivity contribution < 1.29 is 18.2 Å². The van der Waals surface area contributed by atoms with E-state index in [1.54, 1.807) is 13.8 Å². The van der Waals surface area contributed by atoms with E-state index >= 15 is 0 Å². The van der Waals surface area contributed by atoms with Gasteiger partial charge >= 0.3 is 7.82 Å². The van der Waals surface area contributed by atoms with Crippen molar-refractivity contribution in [1.29, 1.82) is 0 Å². The minimum atomic E-state index is -3.62. The van der Waals surface area contributed by atoms with E-state index in [1.165, 1.54) is 0 Å². The van der Waals surface area contributed by atoms with Crippen molar-refractivity contribution in [3.63, 3.8) is 0 Å². The number of phosphoric acid groups is 1. The molecule has 0 aliphatic rings. The minimum absolute atomic E-state index is 0.0219. The fourth-order valence-corrected chi connectivity index (χ4v) is 1.65. The summed E-state index contributed by atoms with van der Waals surface area (Å²) in [6, 6.07) is 0. The molecule has 0 unspecified atom stereocenters. The molecule has 0 N–H and O–H groups in total. The molecule has 0 saturated carbocycles. The molecule has 0 radical (unpaired) electrons. The van der Waals surface area contributed by atoms with Crippen LogP contribution in [-0.2, 0) is 18.2 Å². The third-order valence-corrected chi connectivity index (χ3v) is 2.95.